The molecular weight excluding hydrogens is 286 g/mol. The minimum Gasteiger partial charge on any atom is -0.310 e. The SMILES string of the molecule is CCCCN(CC)S(=O)(=O)c1ccc(CNC2CC2)cn1. The molecule has 0 saturated heterocycles. The lowest BCUT2D eigenvalue weighted by molar-refractivity contribution is 0.417. The minimum absolute atomic E-state index is 0.149. The maximum Gasteiger partial charge on any atom is 0.260 e. The highest BCUT2D eigenvalue weighted by molar-refractivity contribution is 7.89. The van der Waals surface area contributed by atoms with Crippen molar-refractivity contribution in [3.8, 4) is 0 Å². The Morgan fingerprint density at radius 1 is 1.33 bits per heavy atom. The molecule has 1 N–H and O–H groups in total. The lowest BCUT2D eigenvalue weighted by Crippen LogP contribution is -2.32. The van der Waals surface area contributed by atoms with Gasteiger partial charge in [-0.3, -0.25) is 0 Å². The van der Waals surface area contributed by atoms with Crippen LogP contribution in [0.5, 0.6) is 0 Å². The highest BCUT2D eigenvalue weighted by Crippen LogP contribution is 2.19. The Bertz CT molecular complexity index is 539. The fourth-order valence-electron chi connectivity index (χ4n) is 2.13. The number of sulfonamides is 1. The van der Waals surface area contributed by atoms with Crippen molar-refractivity contribution in [2.75, 3.05) is 13.1 Å². The first-order valence-corrected chi connectivity index (χ1v) is 9.20. The smallest absolute Gasteiger partial charge is 0.260 e. The summed E-state index contributed by atoms with van der Waals surface area (Å²) in [5, 5.41) is 3.54. The molecular formula is C15H25N3O2S. The van der Waals surface area contributed by atoms with Crippen LogP contribution in [0, 0.1) is 0 Å². The number of unbranched alkanes of at least 4 members (excludes halogenated alkanes) is 1. The van der Waals surface area contributed by atoms with Gasteiger partial charge in [0.2, 0.25) is 0 Å². The van der Waals surface area contributed by atoms with E-state index in [1.165, 1.54) is 17.1 Å². The monoisotopic (exact) mass is 311 g/mol. The topological polar surface area (TPSA) is 62.3 Å². The molecule has 0 aromatic carbocycles. The van der Waals surface area contributed by atoms with Crippen LogP contribution in [0.1, 0.15) is 45.1 Å². The first kappa shape index (κ1) is 16.4. The second-order valence-electron chi connectivity index (χ2n) is 5.51. The van der Waals surface area contributed by atoms with Crippen molar-refractivity contribution in [3.05, 3.63) is 23.9 Å². The number of rotatable bonds is 9. The summed E-state index contributed by atoms with van der Waals surface area (Å²) >= 11 is 0. The number of nitrogens with zero attached hydrogens (tertiary/aromatic N) is 2. The summed E-state index contributed by atoms with van der Waals surface area (Å²) in [7, 11) is -3.46. The van der Waals surface area contributed by atoms with E-state index >= 15 is 0 Å². The van der Waals surface area contributed by atoms with Crippen molar-refractivity contribution in [3.63, 3.8) is 0 Å². The van der Waals surface area contributed by atoms with E-state index in [9.17, 15) is 8.42 Å². The molecule has 1 aliphatic rings. The molecule has 5 nitrogen and oxygen atoms in total. The zero-order valence-corrected chi connectivity index (χ0v) is 13.7. The average Bonchev–Trinajstić information content (AvgIpc) is 3.30. The van der Waals surface area contributed by atoms with E-state index in [4.69, 9.17) is 0 Å². The van der Waals surface area contributed by atoms with Gasteiger partial charge in [-0.15, -0.1) is 0 Å². The summed E-state index contributed by atoms with van der Waals surface area (Å²) in [6.45, 7) is 5.71. The number of pyridine rings is 1. The molecule has 118 valence electrons. The Morgan fingerprint density at radius 3 is 2.62 bits per heavy atom. The van der Waals surface area contributed by atoms with E-state index in [1.54, 1.807) is 12.3 Å². The quantitative estimate of drug-likeness (QED) is 0.759. The largest absolute Gasteiger partial charge is 0.310 e. The van der Waals surface area contributed by atoms with Gasteiger partial charge in [0.15, 0.2) is 5.03 Å². The standard InChI is InChI=1S/C15H25N3O2S/c1-3-5-10-18(4-2)21(19,20)15-9-6-13(12-17-15)11-16-14-7-8-14/h6,9,12,14,16H,3-5,7-8,10-11H2,1-2H3. The van der Waals surface area contributed by atoms with Crippen LogP contribution in [0.4, 0.5) is 0 Å². The average molecular weight is 311 g/mol. The maximum atomic E-state index is 12.5. The highest BCUT2D eigenvalue weighted by atomic mass is 32.2. The van der Waals surface area contributed by atoms with Crippen molar-refractivity contribution in [1.82, 2.24) is 14.6 Å². The number of aromatic nitrogens is 1. The Balaban J connectivity index is 2.03. The van der Waals surface area contributed by atoms with E-state index in [2.05, 4.69) is 17.2 Å². The lowest BCUT2D eigenvalue weighted by Gasteiger charge is -2.19. The van der Waals surface area contributed by atoms with E-state index in [0.29, 0.717) is 19.1 Å². The van der Waals surface area contributed by atoms with E-state index in [-0.39, 0.29) is 5.03 Å². The molecule has 2 rings (SSSR count). The summed E-state index contributed by atoms with van der Waals surface area (Å²) in [5.74, 6) is 0. The zero-order valence-electron chi connectivity index (χ0n) is 12.9. The van der Waals surface area contributed by atoms with E-state index < -0.39 is 10.0 Å². The second kappa shape index (κ2) is 7.33. The summed E-state index contributed by atoms with van der Waals surface area (Å²) in [6, 6.07) is 4.11. The molecule has 0 spiro atoms. The minimum atomic E-state index is -3.46. The molecule has 0 radical (unpaired) electrons. The zero-order chi connectivity index (χ0) is 15.3. The van der Waals surface area contributed by atoms with Gasteiger partial charge in [0.25, 0.3) is 10.0 Å². The predicted molar refractivity (Wildman–Crippen MR) is 83.4 cm³/mol. The molecule has 1 fully saturated rings. The number of nitrogens with one attached hydrogen (secondary N) is 1. The van der Waals surface area contributed by atoms with Gasteiger partial charge in [0.05, 0.1) is 0 Å². The molecule has 1 heterocycles. The molecule has 0 atom stereocenters. The number of hydrogen-bond donors (Lipinski definition) is 1. The number of hydrogen-bond acceptors (Lipinski definition) is 4. The first-order chi connectivity index (χ1) is 10.1. The van der Waals surface area contributed by atoms with Gasteiger partial charge >= 0.3 is 0 Å². The van der Waals surface area contributed by atoms with Gasteiger partial charge in [-0.05, 0) is 30.9 Å². The fraction of sp³-hybridized carbons (Fsp3) is 0.667. The molecule has 6 heteroatoms. The van der Waals surface area contributed by atoms with Crippen LogP contribution in [-0.4, -0.2) is 36.8 Å². The molecule has 0 bridgehead atoms. The Morgan fingerprint density at radius 2 is 2.10 bits per heavy atom. The van der Waals surface area contributed by atoms with Crippen LogP contribution in [0.2, 0.25) is 0 Å². The van der Waals surface area contributed by atoms with Gasteiger partial charge in [-0.25, -0.2) is 13.4 Å². The fourth-order valence-corrected chi connectivity index (χ4v) is 3.53. The molecule has 0 aliphatic heterocycles. The summed E-state index contributed by atoms with van der Waals surface area (Å²) in [4.78, 5) is 4.16. The molecule has 1 aliphatic carbocycles. The summed E-state index contributed by atoms with van der Waals surface area (Å²) in [5.41, 5.74) is 1.03. The second-order valence-corrected chi connectivity index (χ2v) is 7.39. The van der Waals surface area contributed by atoms with Gasteiger partial charge < -0.3 is 5.32 Å². The third-order valence-electron chi connectivity index (χ3n) is 3.69. The van der Waals surface area contributed by atoms with Gasteiger partial charge in [0.1, 0.15) is 0 Å². The third-order valence-corrected chi connectivity index (χ3v) is 5.58. The van der Waals surface area contributed by atoms with E-state index in [0.717, 1.165) is 24.9 Å². The summed E-state index contributed by atoms with van der Waals surface area (Å²) in [6.07, 6.45) is 5.99. The van der Waals surface area contributed by atoms with Gasteiger partial charge in [-0.1, -0.05) is 26.3 Å². The molecule has 21 heavy (non-hydrogen) atoms. The van der Waals surface area contributed by atoms with Gasteiger partial charge in [-0.2, -0.15) is 4.31 Å². The van der Waals surface area contributed by atoms with Crippen LogP contribution in [-0.2, 0) is 16.6 Å². The van der Waals surface area contributed by atoms with Crippen LogP contribution >= 0.6 is 0 Å². The lowest BCUT2D eigenvalue weighted by atomic mass is 10.3. The highest BCUT2D eigenvalue weighted by Gasteiger charge is 2.24. The van der Waals surface area contributed by atoms with Crippen LogP contribution in [0.3, 0.4) is 0 Å². The van der Waals surface area contributed by atoms with Crippen LogP contribution < -0.4 is 5.32 Å². The van der Waals surface area contributed by atoms with Crippen molar-refractivity contribution in [2.45, 2.75) is 57.1 Å². The summed E-state index contributed by atoms with van der Waals surface area (Å²) < 4.78 is 26.5. The normalized spacial score (nSPS) is 15.6. The van der Waals surface area contributed by atoms with Crippen molar-refractivity contribution in [2.24, 2.45) is 0 Å². The maximum absolute atomic E-state index is 12.5. The van der Waals surface area contributed by atoms with Crippen molar-refractivity contribution >= 4 is 10.0 Å². The third kappa shape index (κ3) is 4.49. The molecule has 0 amide bonds. The molecule has 1 aromatic heterocycles. The van der Waals surface area contributed by atoms with E-state index in [1.807, 2.05) is 13.0 Å². The first-order valence-electron chi connectivity index (χ1n) is 7.76. The van der Waals surface area contributed by atoms with Crippen molar-refractivity contribution in [1.29, 1.82) is 0 Å². The van der Waals surface area contributed by atoms with Crippen molar-refractivity contribution < 1.29 is 8.42 Å². The Kier molecular flexibility index (Phi) is 5.72. The van der Waals surface area contributed by atoms with Gasteiger partial charge in [0, 0.05) is 31.9 Å². The predicted octanol–water partition coefficient (Wildman–Crippen LogP) is 2.14. The van der Waals surface area contributed by atoms with Crippen LogP contribution in [0.15, 0.2) is 23.4 Å². The Hall–Kier alpha value is -0.980. The molecule has 0 unspecified atom stereocenters. The van der Waals surface area contributed by atoms with Crippen LogP contribution in [0.25, 0.3) is 0 Å². The molecule has 1 saturated carbocycles. The molecule has 1 aromatic rings. The Labute approximate surface area is 127 Å².